The fraction of sp³-hybridized carbons (Fsp3) is 0.409. The highest BCUT2D eigenvalue weighted by atomic mass is 35.5. The Bertz CT molecular complexity index is 1380. The van der Waals surface area contributed by atoms with Gasteiger partial charge in [0.1, 0.15) is 18.4 Å². The van der Waals surface area contributed by atoms with Crippen molar-refractivity contribution in [3.8, 4) is 28.8 Å². The standard InChI is InChI=1S/C22H27ClN4O5SSi/c1-30-17-9-15(16(23)10-18(17)31-2)20-19-14(11-24)12-27(13-32-7-8-34(4,5)6)21(19)26-22(25-20)33(3,28)29/h9-10,12H,7-8,13H2,1-6H3. The third kappa shape index (κ3) is 5.52. The van der Waals surface area contributed by atoms with Gasteiger partial charge in [0.05, 0.1) is 35.9 Å². The summed E-state index contributed by atoms with van der Waals surface area (Å²) in [6.45, 7) is 7.41. The van der Waals surface area contributed by atoms with Crippen LogP contribution in [-0.4, -0.2) is 58.1 Å². The predicted molar refractivity (Wildman–Crippen MR) is 133 cm³/mol. The Labute approximate surface area is 205 Å². The molecule has 2 aromatic heterocycles. The molecular formula is C22H27ClN4O5SSi. The zero-order valence-electron chi connectivity index (χ0n) is 20.0. The molecule has 0 saturated heterocycles. The summed E-state index contributed by atoms with van der Waals surface area (Å²) in [5.41, 5.74) is 1.12. The molecule has 2 heterocycles. The molecular weight excluding hydrogens is 496 g/mol. The van der Waals surface area contributed by atoms with Crippen LogP contribution in [0.1, 0.15) is 5.56 Å². The third-order valence-corrected chi connectivity index (χ3v) is 7.97. The minimum atomic E-state index is -3.78. The third-order valence-electron chi connectivity index (χ3n) is 5.10. The number of nitrogens with zero attached hydrogens (tertiary/aromatic N) is 4. The van der Waals surface area contributed by atoms with Crippen LogP contribution in [-0.2, 0) is 21.3 Å². The van der Waals surface area contributed by atoms with Gasteiger partial charge in [-0.05, 0) is 12.1 Å². The van der Waals surface area contributed by atoms with E-state index in [1.54, 1.807) is 22.9 Å². The SMILES string of the molecule is COc1cc(Cl)c(-c2nc(S(C)(=O)=O)nc3c2c(C#N)cn3COCC[Si](C)(C)C)cc1OC. The van der Waals surface area contributed by atoms with Crippen molar-refractivity contribution in [3.63, 3.8) is 0 Å². The van der Waals surface area contributed by atoms with Crippen LogP contribution in [0.25, 0.3) is 22.3 Å². The first-order valence-electron chi connectivity index (χ1n) is 10.4. The maximum atomic E-state index is 12.4. The number of aromatic nitrogens is 3. The second-order valence-electron chi connectivity index (χ2n) is 8.98. The average molecular weight is 523 g/mol. The number of sulfone groups is 1. The summed E-state index contributed by atoms with van der Waals surface area (Å²) in [7, 11) is -2.11. The van der Waals surface area contributed by atoms with Crippen molar-refractivity contribution < 1.29 is 22.6 Å². The van der Waals surface area contributed by atoms with Gasteiger partial charge in [0.2, 0.25) is 15.0 Å². The lowest BCUT2D eigenvalue weighted by atomic mass is 10.1. The highest BCUT2D eigenvalue weighted by Crippen LogP contribution is 2.41. The summed E-state index contributed by atoms with van der Waals surface area (Å²) in [5, 5.41) is 10.1. The van der Waals surface area contributed by atoms with Crippen molar-refractivity contribution in [2.24, 2.45) is 0 Å². The van der Waals surface area contributed by atoms with Crippen molar-refractivity contribution in [3.05, 3.63) is 28.9 Å². The fourth-order valence-corrected chi connectivity index (χ4v) is 4.80. The maximum Gasteiger partial charge on any atom is 0.249 e. The van der Waals surface area contributed by atoms with Crippen molar-refractivity contribution in [1.82, 2.24) is 14.5 Å². The Morgan fingerprint density at radius 3 is 2.35 bits per heavy atom. The molecule has 0 unspecified atom stereocenters. The van der Waals surface area contributed by atoms with Crippen LogP contribution in [0.2, 0.25) is 30.7 Å². The summed E-state index contributed by atoms with van der Waals surface area (Å²) in [5.74, 6) is 0.779. The second-order valence-corrected chi connectivity index (χ2v) is 16.9. The van der Waals surface area contributed by atoms with Gasteiger partial charge >= 0.3 is 0 Å². The quantitative estimate of drug-likeness (QED) is 0.231. The van der Waals surface area contributed by atoms with Crippen LogP contribution in [0.3, 0.4) is 0 Å². The average Bonchev–Trinajstić information content (AvgIpc) is 3.12. The van der Waals surface area contributed by atoms with Gasteiger partial charge in [-0.25, -0.2) is 13.4 Å². The Morgan fingerprint density at radius 2 is 1.79 bits per heavy atom. The number of nitriles is 1. The van der Waals surface area contributed by atoms with Crippen molar-refractivity contribution in [2.75, 3.05) is 27.1 Å². The molecule has 0 N–H and O–H groups in total. The van der Waals surface area contributed by atoms with Gasteiger partial charge in [0, 0.05) is 38.8 Å². The van der Waals surface area contributed by atoms with Gasteiger partial charge in [-0.15, -0.1) is 0 Å². The monoisotopic (exact) mass is 522 g/mol. The van der Waals surface area contributed by atoms with E-state index in [2.05, 4.69) is 35.7 Å². The molecule has 0 aliphatic carbocycles. The topological polar surface area (TPSA) is 116 Å². The summed E-state index contributed by atoms with van der Waals surface area (Å²) in [4.78, 5) is 8.58. The van der Waals surface area contributed by atoms with Gasteiger partial charge < -0.3 is 18.8 Å². The van der Waals surface area contributed by atoms with Crippen LogP contribution < -0.4 is 9.47 Å². The first kappa shape index (κ1) is 26.0. The first-order chi connectivity index (χ1) is 15.9. The lowest BCUT2D eigenvalue weighted by Crippen LogP contribution is -2.22. The molecule has 0 fully saturated rings. The molecule has 1 aromatic carbocycles. The number of rotatable bonds is 9. The van der Waals surface area contributed by atoms with Crippen LogP contribution in [0, 0.1) is 11.3 Å². The van der Waals surface area contributed by atoms with Gasteiger partial charge in [-0.1, -0.05) is 31.2 Å². The van der Waals surface area contributed by atoms with E-state index in [9.17, 15) is 13.7 Å². The van der Waals surface area contributed by atoms with Gasteiger partial charge in [-0.2, -0.15) is 10.2 Å². The lowest BCUT2D eigenvalue weighted by Gasteiger charge is -2.16. The summed E-state index contributed by atoms with van der Waals surface area (Å²) < 4.78 is 43.0. The van der Waals surface area contributed by atoms with E-state index in [0.29, 0.717) is 29.1 Å². The Hall–Kier alpha value is -2.65. The molecule has 0 saturated carbocycles. The molecule has 34 heavy (non-hydrogen) atoms. The molecule has 3 rings (SSSR count). The Kier molecular flexibility index (Phi) is 7.57. The minimum Gasteiger partial charge on any atom is -0.493 e. The molecule has 0 atom stereocenters. The van der Waals surface area contributed by atoms with Gasteiger partial charge in [0.15, 0.2) is 11.5 Å². The molecule has 0 radical (unpaired) electrons. The number of fused-ring (bicyclic) bond motifs is 1. The molecule has 12 heteroatoms. The molecule has 0 bridgehead atoms. The number of ether oxygens (including phenoxy) is 3. The zero-order valence-corrected chi connectivity index (χ0v) is 22.5. The van der Waals surface area contributed by atoms with Crippen LogP contribution in [0.15, 0.2) is 23.5 Å². The van der Waals surface area contributed by atoms with E-state index >= 15 is 0 Å². The lowest BCUT2D eigenvalue weighted by molar-refractivity contribution is 0.0898. The van der Waals surface area contributed by atoms with E-state index in [1.807, 2.05) is 0 Å². The predicted octanol–water partition coefficient (Wildman–Crippen LogP) is 4.36. The summed E-state index contributed by atoms with van der Waals surface area (Å²) in [6.07, 6.45) is 2.61. The van der Waals surface area contributed by atoms with Crippen molar-refractivity contribution in [1.29, 1.82) is 5.26 Å². The number of benzene rings is 1. The van der Waals surface area contributed by atoms with Gasteiger partial charge in [0.25, 0.3) is 0 Å². The molecule has 0 spiro atoms. The van der Waals surface area contributed by atoms with Gasteiger partial charge in [-0.3, -0.25) is 0 Å². The number of hydrogen-bond acceptors (Lipinski definition) is 8. The fourth-order valence-electron chi connectivity index (χ4n) is 3.29. The van der Waals surface area contributed by atoms with Crippen LogP contribution >= 0.6 is 11.6 Å². The highest BCUT2D eigenvalue weighted by molar-refractivity contribution is 7.90. The Morgan fingerprint density at radius 1 is 1.15 bits per heavy atom. The Balaban J connectivity index is 2.25. The molecule has 182 valence electrons. The number of hydrogen-bond donors (Lipinski definition) is 0. The molecule has 3 aromatic rings. The highest BCUT2D eigenvalue weighted by Gasteiger charge is 2.24. The smallest absolute Gasteiger partial charge is 0.249 e. The molecule has 9 nitrogen and oxygen atoms in total. The van der Waals surface area contributed by atoms with Crippen LogP contribution in [0.4, 0.5) is 0 Å². The zero-order chi connectivity index (χ0) is 25.3. The van der Waals surface area contributed by atoms with Crippen LogP contribution in [0.5, 0.6) is 11.5 Å². The second kappa shape index (κ2) is 9.91. The maximum absolute atomic E-state index is 12.4. The van der Waals surface area contributed by atoms with E-state index in [1.165, 1.54) is 14.2 Å². The van der Waals surface area contributed by atoms with E-state index in [-0.39, 0.29) is 33.8 Å². The van der Waals surface area contributed by atoms with Crippen molar-refractivity contribution >= 4 is 40.5 Å². The van der Waals surface area contributed by atoms with E-state index in [4.69, 9.17) is 25.8 Å². The van der Waals surface area contributed by atoms with E-state index < -0.39 is 17.9 Å². The molecule has 0 aliphatic heterocycles. The number of halogens is 1. The largest absolute Gasteiger partial charge is 0.493 e. The minimum absolute atomic E-state index is 0.113. The summed E-state index contributed by atoms with van der Waals surface area (Å²) in [6, 6.07) is 6.25. The van der Waals surface area contributed by atoms with Crippen molar-refractivity contribution in [2.45, 2.75) is 37.6 Å². The van der Waals surface area contributed by atoms with E-state index in [0.717, 1.165) is 12.3 Å². The normalized spacial score (nSPS) is 12.1. The summed E-state index contributed by atoms with van der Waals surface area (Å²) >= 11 is 6.53. The molecule has 0 amide bonds. The number of methoxy groups -OCH3 is 2. The first-order valence-corrected chi connectivity index (χ1v) is 16.4. The molecule has 0 aliphatic rings.